The molecule has 0 N–H and O–H groups in total. The summed E-state index contributed by atoms with van der Waals surface area (Å²) in [5.74, 6) is 0.634. The van der Waals surface area contributed by atoms with Crippen molar-refractivity contribution in [2.75, 3.05) is 6.26 Å². The highest BCUT2D eigenvalue weighted by Gasteiger charge is 2.12. The van der Waals surface area contributed by atoms with Gasteiger partial charge in [-0.15, -0.1) is 0 Å². The SMILES string of the molecule is CCCC(CCC)CC(F)CC.CS. The highest BCUT2D eigenvalue weighted by Crippen LogP contribution is 2.21. The Morgan fingerprint density at radius 1 is 1.00 bits per heavy atom. The molecule has 1 atom stereocenters. The summed E-state index contributed by atoms with van der Waals surface area (Å²) in [5, 5.41) is 0. The lowest BCUT2D eigenvalue weighted by molar-refractivity contribution is 0.244. The summed E-state index contributed by atoms with van der Waals surface area (Å²) in [4.78, 5) is 0. The van der Waals surface area contributed by atoms with E-state index < -0.39 is 6.17 Å². The Hall–Kier alpha value is 0.280. The summed E-state index contributed by atoms with van der Waals surface area (Å²) in [7, 11) is 0. The fourth-order valence-electron chi connectivity index (χ4n) is 1.72. The van der Waals surface area contributed by atoms with Crippen LogP contribution >= 0.6 is 12.6 Å². The molecular formula is C12H27FS. The van der Waals surface area contributed by atoms with Gasteiger partial charge in [0.2, 0.25) is 0 Å². The molecule has 88 valence electrons. The van der Waals surface area contributed by atoms with Gasteiger partial charge in [0.05, 0.1) is 0 Å². The van der Waals surface area contributed by atoms with E-state index in [2.05, 4.69) is 26.5 Å². The van der Waals surface area contributed by atoms with Crippen molar-refractivity contribution in [1.29, 1.82) is 0 Å². The third-order valence-electron chi connectivity index (χ3n) is 2.43. The van der Waals surface area contributed by atoms with E-state index in [1.54, 1.807) is 6.26 Å². The summed E-state index contributed by atoms with van der Waals surface area (Å²) < 4.78 is 13.0. The molecule has 0 nitrogen and oxygen atoms in total. The predicted octanol–water partition coefficient (Wildman–Crippen LogP) is 4.89. The lowest BCUT2D eigenvalue weighted by atomic mass is 9.92. The van der Waals surface area contributed by atoms with Crippen LogP contribution in [0.5, 0.6) is 0 Å². The zero-order valence-electron chi connectivity index (χ0n) is 10.2. The number of hydrogen-bond donors (Lipinski definition) is 1. The number of halogens is 1. The highest BCUT2D eigenvalue weighted by atomic mass is 32.1. The molecular weight excluding hydrogens is 195 g/mol. The first-order valence-electron chi connectivity index (χ1n) is 5.83. The van der Waals surface area contributed by atoms with Crippen LogP contribution in [0.2, 0.25) is 0 Å². The molecule has 0 aliphatic heterocycles. The van der Waals surface area contributed by atoms with Crippen LogP contribution in [-0.2, 0) is 0 Å². The van der Waals surface area contributed by atoms with Gasteiger partial charge in [-0.3, -0.25) is 0 Å². The average molecular weight is 222 g/mol. The van der Waals surface area contributed by atoms with Crippen molar-refractivity contribution >= 4 is 12.6 Å². The number of hydrogen-bond acceptors (Lipinski definition) is 1. The molecule has 0 amide bonds. The summed E-state index contributed by atoms with van der Waals surface area (Å²) in [6.45, 7) is 6.29. The standard InChI is InChI=1S/C11H23F.CH4S/c1-4-7-10(8-5-2)9-11(12)6-3;1-2/h10-11H,4-9H2,1-3H3;2H,1H3. The predicted molar refractivity (Wildman–Crippen MR) is 68.0 cm³/mol. The molecule has 14 heavy (non-hydrogen) atoms. The molecule has 0 aliphatic carbocycles. The van der Waals surface area contributed by atoms with Crippen molar-refractivity contribution in [2.45, 2.75) is 65.5 Å². The van der Waals surface area contributed by atoms with Crippen LogP contribution in [0.3, 0.4) is 0 Å². The van der Waals surface area contributed by atoms with Gasteiger partial charge < -0.3 is 0 Å². The van der Waals surface area contributed by atoms with Crippen molar-refractivity contribution in [3.63, 3.8) is 0 Å². The van der Waals surface area contributed by atoms with E-state index in [1.165, 1.54) is 25.7 Å². The van der Waals surface area contributed by atoms with E-state index in [9.17, 15) is 4.39 Å². The topological polar surface area (TPSA) is 0 Å². The maximum atomic E-state index is 13.0. The van der Waals surface area contributed by atoms with Crippen molar-refractivity contribution in [3.8, 4) is 0 Å². The fraction of sp³-hybridized carbons (Fsp3) is 1.00. The van der Waals surface area contributed by atoms with E-state index in [0.29, 0.717) is 12.3 Å². The molecule has 0 aromatic carbocycles. The quantitative estimate of drug-likeness (QED) is 0.583. The van der Waals surface area contributed by atoms with Gasteiger partial charge in [0.1, 0.15) is 6.17 Å². The molecule has 0 bridgehead atoms. The molecule has 0 saturated carbocycles. The normalized spacial score (nSPS) is 12.2. The minimum Gasteiger partial charge on any atom is -0.247 e. The van der Waals surface area contributed by atoms with Gasteiger partial charge in [0.25, 0.3) is 0 Å². The molecule has 0 radical (unpaired) electrons. The van der Waals surface area contributed by atoms with E-state index >= 15 is 0 Å². The highest BCUT2D eigenvalue weighted by molar-refractivity contribution is 7.79. The first-order valence-corrected chi connectivity index (χ1v) is 6.72. The third-order valence-corrected chi connectivity index (χ3v) is 2.43. The second-order valence-corrected chi connectivity index (χ2v) is 3.68. The molecule has 0 aromatic rings. The van der Waals surface area contributed by atoms with Crippen molar-refractivity contribution in [1.82, 2.24) is 0 Å². The van der Waals surface area contributed by atoms with Crippen LogP contribution < -0.4 is 0 Å². The maximum absolute atomic E-state index is 13.0. The van der Waals surface area contributed by atoms with Crippen LogP contribution in [0.15, 0.2) is 0 Å². The van der Waals surface area contributed by atoms with Crippen LogP contribution in [0.1, 0.15) is 59.3 Å². The summed E-state index contributed by atoms with van der Waals surface area (Å²) in [5.41, 5.74) is 0. The van der Waals surface area contributed by atoms with Gasteiger partial charge in [-0.2, -0.15) is 12.6 Å². The molecule has 1 unspecified atom stereocenters. The molecule has 0 heterocycles. The smallest absolute Gasteiger partial charge is 0.100 e. The van der Waals surface area contributed by atoms with Gasteiger partial charge >= 0.3 is 0 Å². The maximum Gasteiger partial charge on any atom is 0.100 e. The Bertz CT molecular complexity index is 90.3. The fourth-order valence-corrected chi connectivity index (χ4v) is 1.72. The molecule has 0 rings (SSSR count). The van der Waals surface area contributed by atoms with Crippen LogP contribution in [-0.4, -0.2) is 12.4 Å². The zero-order valence-corrected chi connectivity index (χ0v) is 11.1. The first-order chi connectivity index (χ1) is 6.74. The van der Waals surface area contributed by atoms with E-state index in [0.717, 1.165) is 6.42 Å². The Morgan fingerprint density at radius 3 is 1.71 bits per heavy atom. The molecule has 0 fully saturated rings. The molecule has 2 heteroatoms. The van der Waals surface area contributed by atoms with Gasteiger partial charge in [-0.05, 0) is 25.0 Å². The van der Waals surface area contributed by atoms with E-state index in [-0.39, 0.29) is 0 Å². The molecule has 0 aromatic heterocycles. The minimum atomic E-state index is -0.562. The van der Waals surface area contributed by atoms with Gasteiger partial charge in [-0.25, -0.2) is 4.39 Å². The van der Waals surface area contributed by atoms with Crippen LogP contribution in [0.25, 0.3) is 0 Å². The Kier molecular flexibility index (Phi) is 15.8. The van der Waals surface area contributed by atoms with Crippen LogP contribution in [0, 0.1) is 5.92 Å². The lowest BCUT2D eigenvalue weighted by Gasteiger charge is -2.16. The zero-order chi connectivity index (χ0) is 11.4. The van der Waals surface area contributed by atoms with E-state index in [1.807, 2.05) is 6.92 Å². The monoisotopic (exact) mass is 222 g/mol. The summed E-state index contributed by atoms with van der Waals surface area (Å²) >= 11 is 3.53. The molecule has 0 spiro atoms. The van der Waals surface area contributed by atoms with Gasteiger partial charge in [0.15, 0.2) is 0 Å². The Morgan fingerprint density at radius 2 is 1.43 bits per heavy atom. The Balaban J connectivity index is 0. The number of alkyl halides is 1. The number of rotatable bonds is 7. The largest absolute Gasteiger partial charge is 0.247 e. The van der Waals surface area contributed by atoms with Crippen molar-refractivity contribution in [2.24, 2.45) is 5.92 Å². The van der Waals surface area contributed by atoms with Gasteiger partial charge in [-0.1, -0.05) is 46.5 Å². The van der Waals surface area contributed by atoms with Crippen molar-refractivity contribution < 1.29 is 4.39 Å². The second-order valence-electron chi connectivity index (χ2n) is 3.68. The Labute approximate surface area is 95.1 Å². The van der Waals surface area contributed by atoms with Crippen LogP contribution in [0.4, 0.5) is 4.39 Å². The first kappa shape index (κ1) is 16.7. The minimum absolute atomic E-state index is 0.562. The summed E-state index contributed by atoms with van der Waals surface area (Å²) in [6, 6.07) is 0. The van der Waals surface area contributed by atoms with E-state index in [4.69, 9.17) is 0 Å². The molecule has 0 saturated heterocycles. The van der Waals surface area contributed by atoms with Crippen molar-refractivity contribution in [3.05, 3.63) is 0 Å². The van der Waals surface area contributed by atoms with Gasteiger partial charge in [0, 0.05) is 0 Å². The molecule has 0 aliphatic rings. The number of thiol groups is 1. The second kappa shape index (κ2) is 13.3. The summed E-state index contributed by atoms with van der Waals surface area (Å²) in [6.07, 6.45) is 7.40. The third kappa shape index (κ3) is 10.4. The lowest BCUT2D eigenvalue weighted by Crippen LogP contribution is -2.08. The average Bonchev–Trinajstić information content (AvgIpc) is 2.21.